The normalized spacial score (nSPS) is 11.8. The summed E-state index contributed by atoms with van der Waals surface area (Å²) in [5, 5.41) is 0. The molecular formula is C19H20N4. The Morgan fingerprint density at radius 2 is 1.87 bits per heavy atom. The van der Waals surface area contributed by atoms with E-state index in [2.05, 4.69) is 65.2 Å². The van der Waals surface area contributed by atoms with E-state index < -0.39 is 0 Å². The summed E-state index contributed by atoms with van der Waals surface area (Å²) in [5.41, 5.74) is 6.91. The molecule has 0 atom stereocenters. The summed E-state index contributed by atoms with van der Waals surface area (Å²) in [7, 11) is 0. The molecule has 0 unspecified atom stereocenters. The Labute approximate surface area is 135 Å². The molecule has 0 aliphatic rings. The second-order valence-corrected chi connectivity index (χ2v) is 6.37. The van der Waals surface area contributed by atoms with Crippen LogP contribution < -0.4 is 0 Å². The average molecular weight is 304 g/mol. The van der Waals surface area contributed by atoms with E-state index in [0.717, 1.165) is 40.7 Å². The number of hydrogen-bond acceptors (Lipinski definition) is 2. The van der Waals surface area contributed by atoms with Gasteiger partial charge in [-0.3, -0.25) is 0 Å². The van der Waals surface area contributed by atoms with Gasteiger partial charge in [-0.2, -0.15) is 0 Å². The number of H-pyrrole nitrogens is 2. The summed E-state index contributed by atoms with van der Waals surface area (Å²) in [6, 6.07) is 12.9. The highest BCUT2D eigenvalue weighted by molar-refractivity contribution is 5.76. The van der Waals surface area contributed by atoms with Gasteiger partial charge < -0.3 is 9.97 Å². The highest BCUT2D eigenvalue weighted by atomic mass is 14.9. The van der Waals surface area contributed by atoms with E-state index in [4.69, 9.17) is 4.98 Å². The van der Waals surface area contributed by atoms with Crippen LogP contribution in [0, 0.1) is 0 Å². The molecule has 2 heterocycles. The van der Waals surface area contributed by atoms with Crippen LogP contribution in [-0.4, -0.2) is 19.9 Å². The fourth-order valence-electron chi connectivity index (χ4n) is 2.95. The maximum atomic E-state index is 4.70. The molecule has 4 aromatic rings. The number of aromatic nitrogens is 4. The molecule has 2 aromatic carbocycles. The summed E-state index contributed by atoms with van der Waals surface area (Å²) >= 11 is 0. The minimum Gasteiger partial charge on any atom is -0.345 e. The summed E-state index contributed by atoms with van der Waals surface area (Å²) in [4.78, 5) is 15.6. The Balaban J connectivity index is 1.55. The molecule has 116 valence electrons. The lowest BCUT2D eigenvalue weighted by Gasteiger charge is -2.03. The van der Waals surface area contributed by atoms with E-state index in [1.807, 2.05) is 0 Å². The number of fused-ring (bicyclic) bond motifs is 2. The van der Waals surface area contributed by atoms with E-state index in [9.17, 15) is 0 Å². The first-order chi connectivity index (χ1) is 11.2. The molecule has 0 radical (unpaired) electrons. The van der Waals surface area contributed by atoms with Gasteiger partial charge in [0.15, 0.2) is 0 Å². The third-order valence-corrected chi connectivity index (χ3v) is 4.36. The molecule has 0 spiro atoms. The minimum atomic E-state index is 0.534. The molecule has 2 aromatic heterocycles. The van der Waals surface area contributed by atoms with Crippen LogP contribution in [0.2, 0.25) is 0 Å². The van der Waals surface area contributed by atoms with Crippen molar-refractivity contribution in [2.75, 3.05) is 0 Å². The number of rotatable bonds is 4. The van der Waals surface area contributed by atoms with E-state index in [0.29, 0.717) is 5.92 Å². The van der Waals surface area contributed by atoms with E-state index >= 15 is 0 Å². The Morgan fingerprint density at radius 3 is 2.74 bits per heavy atom. The fraction of sp³-hybridized carbons (Fsp3) is 0.263. The molecule has 0 saturated heterocycles. The monoisotopic (exact) mass is 304 g/mol. The van der Waals surface area contributed by atoms with Crippen molar-refractivity contribution in [1.82, 2.24) is 19.9 Å². The molecule has 4 heteroatoms. The van der Waals surface area contributed by atoms with Crippen molar-refractivity contribution < 1.29 is 0 Å². The predicted octanol–water partition coefficient (Wildman–Crippen LogP) is 4.35. The third-order valence-electron chi connectivity index (χ3n) is 4.36. The van der Waals surface area contributed by atoms with Gasteiger partial charge in [-0.15, -0.1) is 0 Å². The van der Waals surface area contributed by atoms with Gasteiger partial charge in [0.05, 0.1) is 28.4 Å². The number of hydrogen-bond donors (Lipinski definition) is 2. The Kier molecular flexibility index (Phi) is 3.37. The van der Waals surface area contributed by atoms with Crippen LogP contribution in [-0.2, 0) is 12.8 Å². The van der Waals surface area contributed by atoms with E-state index in [-0.39, 0.29) is 0 Å². The number of benzene rings is 2. The highest BCUT2D eigenvalue weighted by Crippen LogP contribution is 2.20. The maximum absolute atomic E-state index is 4.70. The zero-order valence-corrected chi connectivity index (χ0v) is 13.4. The SMILES string of the molecule is CC(C)c1ccc2nc(CCc3ccc4[nH]cnc4c3)[nH]c2c1. The van der Waals surface area contributed by atoms with E-state index in [1.165, 1.54) is 11.1 Å². The fourth-order valence-corrected chi connectivity index (χ4v) is 2.95. The van der Waals surface area contributed by atoms with Crippen molar-refractivity contribution in [3.05, 3.63) is 59.7 Å². The average Bonchev–Trinajstić information content (AvgIpc) is 3.17. The number of imidazole rings is 2. The lowest BCUT2D eigenvalue weighted by Crippen LogP contribution is -1.93. The molecule has 0 saturated carbocycles. The molecule has 2 N–H and O–H groups in total. The number of aryl methyl sites for hydroxylation is 2. The first kappa shape index (κ1) is 14.0. The van der Waals surface area contributed by atoms with Crippen LogP contribution in [0.1, 0.15) is 36.7 Å². The van der Waals surface area contributed by atoms with Gasteiger partial charge in [0.2, 0.25) is 0 Å². The molecule has 0 fully saturated rings. The summed E-state index contributed by atoms with van der Waals surface area (Å²) < 4.78 is 0. The first-order valence-electron chi connectivity index (χ1n) is 8.09. The van der Waals surface area contributed by atoms with Crippen molar-refractivity contribution >= 4 is 22.1 Å². The molecule has 0 amide bonds. The molecule has 4 nitrogen and oxygen atoms in total. The maximum Gasteiger partial charge on any atom is 0.107 e. The summed E-state index contributed by atoms with van der Waals surface area (Å²) in [6.45, 7) is 4.42. The molecule has 23 heavy (non-hydrogen) atoms. The molecule has 0 aliphatic carbocycles. The van der Waals surface area contributed by atoms with Crippen LogP contribution >= 0.6 is 0 Å². The van der Waals surface area contributed by atoms with Crippen molar-refractivity contribution in [2.45, 2.75) is 32.6 Å². The minimum absolute atomic E-state index is 0.534. The zero-order valence-electron chi connectivity index (χ0n) is 13.4. The van der Waals surface area contributed by atoms with Gasteiger partial charge in [0, 0.05) is 6.42 Å². The lowest BCUT2D eigenvalue weighted by molar-refractivity contribution is 0.868. The zero-order chi connectivity index (χ0) is 15.8. The number of aromatic amines is 2. The molecular weight excluding hydrogens is 284 g/mol. The second-order valence-electron chi connectivity index (χ2n) is 6.37. The van der Waals surface area contributed by atoms with Gasteiger partial charge in [0.1, 0.15) is 5.82 Å². The quantitative estimate of drug-likeness (QED) is 0.589. The van der Waals surface area contributed by atoms with Gasteiger partial charge in [-0.25, -0.2) is 9.97 Å². The van der Waals surface area contributed by atoms with Crippen LogP contribution in [0.4, 0.5) is 0 Å². The highest BCUT2D eigenvalue weighted by Gasteiger charge is 2.06. The molecule has 0 aliphatic heterocycles. The lowest BCUT2D eigenvalue weighted by atomic mass is 10.0. The Bertz CT molecular complexity index is 962. The Morgan fingerprint density at radius 1 is 0.957 bits per heavy atom. The van der Waals surface area contributed by atoms with Crippen LogP contribution in [0.15, 0.2) is 42.7 Å². The number of nitrogens with zero attached hydrogens (tertiary/aromatic N) is 2. The van der Waals surface area contributed by atoms with Crippen LogP contribution in [0.25, 0.3) is 22.1 Å². The van der Waals surface area contributed by atoms with Crippen LogP contribution in [0.5, 0.6) is 0 Å². The van der Waals surface area contributed by atoms with Crippen molar-refractivity contribution in [3.8, 4) is 0 Å². The topological polar surface area (TPSA) is 57.4 Å². The molecule has 0 bridgehead atoms. The van der Waals surface area contributed by atoms with Crippen molar-refractivity contribution in [3.63, 3.8) is 0 Å². The second kappa shape index (κ2) is 5.54. The third kappa shape index (κ3) is 2.72. The summed E-state index contributed by atoms with van der Waals surface area (Å²) in [6.07, 6.45) is 3.60. The van der Waals surface area contributed by atoms with Gasteiger partial charge in [0.25, 0.3) is 0 Å². The van der Waals surface area contributed by atoms with Gasteiger partial charge in [-0.1, -0.05) is 26.0 Å². The smallest absolute Gasteiger partial charge is 0.107 e. The molecule has 4 rings (SSSR count). The Hall–Kier alpha value is -2.62. The van der Waals surface area contributed by atoms with Crippen molar-refractivity contribution in [2.24, 2.45) is 0 Å². The van der Waals surface area contributed by atoms with Crippen LogP contribution in [0.3, 0.4) is 0 Å². The predicted molar refractivity (Wildman–Crippen MR) is 93.7 cm³/mol. The van der Waals surface area contributed by atoms with E-state index in [1.54, 1.807) is 6.33 Å². The summed E-state index contributed by atoms with van der Waals surface area (Å²) in [5.74, 6) is 1.58. The van der Waals surface area contributed by atoms with Crippen molar-refractivity contribution in [1.29, 1.82) is 0 Å². The first-order valence-corrected chi connectivity index (χ1v) is 8.09. The van der Waals surface area contributed by atoms with Gasteiger partial charge >= 0.3 is 0 Å². The standard InChI is InChI=1S/C19H20N4/c1-12(2)14-5-7-16-18(10-14)23-19(22-16)8-4-13-3-6-15-17(9-13)21-11-20-15/h3,5-7,9-12H,4,8H2,1-2H3,(H,20,21)(H,22,23). The number of nitrogens with one attached hydrogen (secondary N) is 2. The largest absolute Gasteiger partial charge is 0.345 e. The van der Waals surface area contributed by atoms with Gasteiger partial charge in [-0.05, 0) is 47.7 Å².